The van der Waals surface area contributed by atoms with Gasteiger partial charge in [0.2, 0.25) is 11.8 Å². The summed E-state index contributed by atoms with van der Waals surface area (Å²) in [5.41, 5.74) is 3.20. The van der Waals surface area contributed by atoms with Crippen molar-refractivity contribution in [2.45, 2.75) is 46.1 Å². The van der Waals surface area contributed by atoms with Crippen LogP contribution in [0.5, 0.6) is 0 Å². The molecule has 2 amide bonds. The monoisotopic (exact) mass is 396 g/mol. The van der Waals surface area contributed by atoms with Crippen molar-refractivity contribution in [1.29, 1.82) is 0 Å². The Hall–Kier alpha value is -2.83. The summed E-state index contributed by atoms with van der Waals surface area (Å²) in [5, 5.41) is 7.64. The van der Waals surface area contributed by atoms with Gasteiger partial charge < -0.3 is 19.6 Å². The van der Waals surface area contributed by atoms with E-state index in [1.165, 1.54) is 5.56 Å². The second-order valence-electron chi connectivity index (χ2n) is 7.86. The number of benzene rings is 1. The molecule has 1 fully saturated rings. The number of rotatable bonds is 4. The van der Waals surface area contributed by atoms with Crippen molar-refractivity contribution in [2.75, 3.05) is 25.0 Å². The van der Waals surface area contributed by atoms with Crippen molar-refractivity contribution in [3.63, 3.8) is 0 Å². The lowest BCUT2D eigenvalue weighted by Gasteiger charge is -2.35. The van der Waals surface area contributed by atoms with Gasteiger partial charge in [-0.15, -0.1) is 0 Å². The van der Waals surface area contributed by atoms with Gasteiger partial charge >= 0.3 is 0 Å². The number of para-hydroxylation sites is 1. The molecule has 1 aromatic heterocycles. The van der Waals surface area contributed by atoms with Crippen LogP contribution in [0, 0.1) is 5.92 Å². The standard InChI is InChI=1S/C22H28N4O3/c1-3-16-6-4-5-7-19(16)23-21-18-14-26(13-10-20(18)29-24-21)22(28)17-8-11-25(12-9-17)15(2)27/h4-7,17H,3,8-14H2,1-2H3,(H,23,24). The Balaban J connectivity index is 1.45. The minimum absolute atomic E-state index is 0.00997. The van der Waals surface area contributed by atoms with Gasteiger partial charge in [0.15, 0.2) is 5.82 Å². The van der Waals surface area contributed by atoms with Gasteiger partial charge in [0.1, 0.15) is 5.76 Å². The van der Waals surface area contributed by atoms with Gasteiger partial charge in [-0.05, 0) is 30.9 Å². The summed E-state index contributed by atoms with van der Waals surface area (Å²) in [7, 11) is 0. The molecule has 0 saturated carbocycles. The van der Waals surface area contributed by atoms with Gasteiger partial charge in [0, 0.05) is 44.6 Å². The molecule has 0 unspecified atom stereocenters. The van der Waals surface area contributed by atoms with Crippen molar-refractivity contribution in [3.05, 3.63) is 41.2 Å². The first-order valence-corrected chi connectivity index (χ1v) is 10.4. The van der Waals surface area contributed by atoms with Crippen molar-refractivity contribution < 1.29 is 14.1 Å². The van der Waals surface area contributed by atoms with E-state index in [0.29, 0.717) is 38.4 Å². The summed E-state index contributed by atoms with van der Waals surface area (Å²) in [5.74, 6) is 1.82. The molecule has 2 aliphatic heterocycles. The first-order valence-electron chi connectivity index (χ1n) is 10.4. The summed E-state index contributed by atoms with van der Waals surface area (Å²) in [6.07, 6.45) is 3.07. The van der Waals surface area contributed by atoms with Crippen LogP contribution in [0.1, 0.15) is 43.6 Å². The average Bonchev–Trinajstić information content (AvgIpc) is 3.15. The van der Waals surface area contributed by atoms with Gasteiger partial charge in [-0.1, -0.05) is 30.3 Å². The number of aryl methyl sites for hydroxylation is 1. The number of amides is 2. The van der Waals surface area contributed by atoms with E-state index < -0.39 is 0 Å². The molecule has 154 valence electrons. The van der Waals surface area contributed by atoms with Crippen LogP contribution in [0.3, 0.4) is 0 Å². The van der Waals surface area contributed by atoms with Crippen LogP contribution in [0.2, 0.25) is 0 Å². The lowest BCUT2D eigenvalue weighted by molar-refractivity contribution is -0.140. The predicted octanol–water partition coefficient (Wildman–Crippen LogP) is 3.12. The van der Waals surface area contributed by atoms with Gasteiger partial charge in [-0.2, -0.15) is 0 Å². The Morgan fingerprint density at radius 1 is 1.17 bits per heavy atom. The number of aromatic nitrogens is 1. The second-order valence-corrected chi connectivity index (χ2v) is 7.86. The van der Waals surface area contributed by atoms with Crippen LogP contribution in [0.25, 0.3) is 0 Å². The average molecular weight is 396 g/mol. The number of piperidine rings is 1. The summed E-state index contributed by atoms with van der Waals surface area (Å²) >= 11 is 0. The molecule has 7 nitrogen and oxygen atoms in total. The number of hydrogen-bond donors (Lipinski definition) is 1. The van der Waals surface area contributed by atoms with E-state index in [-0.39, 0.29) is 17.7 Å². The fourth-order valence-corrected chi connectivity index (χ4v) is 4.27. The highest BCUT2D eigenvalue weighted by Crippen LogP contribution is 2.31. The molecule has 1 saturated heterocycles. The highest BCUT2D eigenvalue weighted by atomic mass is 16.5. The van der Waals surface area contributed by atoms with Crippen molar-refractivity contribution in [3.8, 4) is 0 Å². The third-order valence-corrected chi connectivity index (χ3v) is 6.08. The van der Waals surface area contributed by atoms with Crippen molar-refractivity contribution in [1.82, 2.24) is 15.0 Å². The van der Waals surface area contributed by atoms with Gasteiger partial charge in [0.05, 0.1) is 12.1 Å². The van der Waals surface area contributed by atoms with E-state index in [0.717, 1.165) is 36.3 Å². The number of carbonyl (C=O) groups excluding carboxylic acids is 2. The van der Waals surface area contributed by atoms with E-state index >= 15 is 0 Å². The molecule has 1 aromatic carbocycles. The predicted molar refractivity (Wildman–Crippen MR) is 110 cm³/mol. The number of hydrogen-bond acceptors (Lipinski definition) is 5. The second kappa shape index (κ2) is 8.27. The Labute approximate surface area is 171 Å². The first kappa shape index (κ1) is 19.5. The Kier molecular flexibility index (Phi) is 5.56. The van der Waals surface area contributed by atoms with Gasteiger partial charge in [-0.25, -0.2) is 0 Å². The number of likely N-dealkylation sites (tertiary alicyclic amines) is 1. The van der Waals surface area contributed by atoms with Crippen LogP contribution >= 0.6 is 0 Å². The molecule has 2 aromatic rings. The number of anilines is 2. The van der Waals surface area contributed by atoms with Crippen molar-refractivity contribution >= 4 is 23.3 Å². The molecule has 29 heavy (non-hydrogen) atoms. The van der Waals surface area contributed by atoms with Crippen LogP contribution < -0.4 is 5.32 Å². The zero-order chi connectivity index (χ0) is 20.4. The van der Waals surface area contributed by atoms with Crippen LogP contribution in [0.15, 0.2) is 28.8 Å². The third kappa shape index (κ3) is 3.99. The molecule has 1 N–H and O–H groups in total. The molecule has 4 rings (SSSR count). The molecule has 0 spiro atoms. The SMILES string of the molecule is CCc1ccccc1Nc1noc2c1CN(C(=O)C1CCN(C(C)=O)CC1)CC2. The summed E-state index contributed by atoms with van der Waals surface area (Å²) in [6.45, 7) is 6.21. The lowest BCUT2D eigenvalue weighted by atomic mass is 9.94. The maximum absolute atomic E-state index is 13.1. The molecule has 2 aliphatic rings. The third-order valence-electron chi connectivity index (χ3n) is 6.08. The van der Waals surface area contributed by atoms with E-state index in [1.807, 2.05) is 28.0 Å². The summed E-state index contributed by atoms with van der Waals surface area (Å²) < 4.78 is 5.55. The fourth-order valence-electron chi connectivity index (χ4n) is 4.27. The topological polar surface area (TPSA) is 78.7 Å². The molecule has 0 bridgehead atoms. The van der Waals surface area contributed by atoms with Gasteiger partial charge in [0.25, 0.3) is 0 Å². The number of fused-ring (bicyclic) bond motifs is 1. The molecule has 7 heteroatoms. The highest BCUT2D eigenvalue weighted by molar-refractivity contribution is 5.80. The summed E-state index contributed by atoms with van der Waals surface area (Å²) in [4.78, 5) is 28.4. The maximum Gasteiger partial charge on any atom is 0.226 e. The zero-order valence-electron chi connectivity index (χ0n) is 17.1. The maximum atomic E-state index is 13.1. The first-order chi connectivity index (χ1) is 14.1. The van der Waals surface area contributed by atoms with E-state index in [4.69, 9.17) is 4.52 Å². The fraction of sp³-hybridized carbons (Fsp3) is 0.500. The Morgan fingerprint density at radius 3 is 2.66 bits per heavy atom. The molecular formula is C22H28N4O3. The molecular weight excluding hydrogens is 368 g/mol. The van der Waals surface area contributed by atoms with E-state index in [2.05, 4.69) is 23.5 Å². The van der Waals surface area contributed by atoms with Crippen LogP contribution in [0.4, 0.5) is 11.5 Å². The minimum atomic E-state index is -0.00997. The van der Waals surface area contributed by atoms with Gasteiger partial charge in [-0.3, -0.25) is 9.59 Å². The zero-order valence-corrected chi connectivity index (χ0v) is 17.1. The van der Waals surface area contributed by atoms with Crippen molar-refractivity contribution in [2.24, 2.45) is 5.92 Å². The minimum Gasteiger partial charge on any atom is -0.359 e. The molecule has 3 heterocycles. The lowest BCUT2D eigenvalue weighted by Crippen LogP contribution is -2.45. The Bertz CT molecular complexity index is 899. The smallest absolute Gasteiger partial charge is 0.226 e. The number of nitrogens with one attached hydrogen (secondary N) is 1. The summed E-state index contributed by atoms with van der Waals surface area (Å²) in [6, 6.07) is 8.16. The Morgan fingerprint density at radius 2 is 1.93 bits per heavy atom. The normalized spacial score (nSPS) is 17.2. The van der Waals surface area contributed by atoms with Crippen LogP contribution in [-0.2, 0) is 29.0 Å². The van der Waals surface area contributed by atoms with E-state index in [1.54, 1.807) is 6.92 Å². The molecule has 0 aliphatic carbocycles. The quantitative estimate of drug-likeness (QED) is 0.859. The molecule has 0 atom stereocenters. The van der Waals surface area contributed by atoms with E-state index in [9.17, 15) is 9.59 Å². The largest absolute Gasteiger partial charge is 0.359 e. The van der Waals surface area contributed by atoms with Crippen LogP contribution in [-0.4, -0.2) is 46.4 Å². The number of nitrogens with zero attached hydrogens (tertiary/aromatic N) is 3. The molecule has 0 radical (unpaired) electrons. The highest BCUT2D eigenvalue weighted by Gasteiger charge is 2.33. The number of carbonyl (C=O) groups is 2.